The molecule has 1 aliphatic heterocycles. The Bertz CT molecular complexity index is 590. The van der Waals surface area contributed by atoms with Gasteiger partial charge in [-0.15, -0.1) is 0 Å². The summed E-state index contributed by atoms with van der Waals surface area (Å²) in [5.41, 5.74) is 7.48. The molecule has 1 unspecified atom stereocenters. The molecule has 0 saturated carbocycles. The molecule has 21 heavy (non-hydrogen) atoms. The zero-order valence-electron chi connectivity index (χ0n) is 12.4. The first kappa shape index (κ1) is 16.5. The quantitative estimate of drug-likeness (QED) is 0.827. The summed E-state index contributed by atoms with van der Waals surface area (Å²) < 4.78 is 29.7. The van der Waals surface area contributed by atoms with Crippen LogP contribution in [0.15, 0.2) is 18.2 Å². The van der Waals surface area contributed by atoms with Gasteiger partial charge in [0.05, 0.1) is 7.11 Å². The normalized spacial score (nSPS) is 20.4. The van der Waals surface area contributed by atoms with Crippen LogP contribution in [0.4, 0.5) is 5.69 Å². The van der Waals surface area contributed by atoms with Crippen molar-refractivity contribution in [2.24, 2.45) is 0 Å². The molecular weight excluding hydrogens is 308 g/mol. The van der Waals surface area contributed by atoms with Gasteiger partial charge >= 0.3 is 0 Å². The predicted octanol–water partition coefficient (Wildman–Crippen LogP) is 1.59. The van der Waals surface area contributed by atoms with Crippen molar-refractivity contribution in [1.29, 1.82) is 0 Å². The van der Waals surface area contributed by atoms with E-state index in [1.165, 1.54) is 0 Å². The maximum atomic E-state index is 12.2. The molecule has 118 valence electrons. The Morgan fingerprint density at radius 2 is 2.19 bits per heavy atom. The van der Waals surface area contributed by atoms with Crippen LogP contribution in [0.2, 0.25) is 0 Å². The van der Waals surface area contributed by atoms with Crippen LogP contribution in [0, 0.1) is 0 Å². The van der Waals surface area contributed by atoms with E-state index in [1.54, 1.807) is 31.9 Å². The Kier molecular flexibility index (Phi) is 5.40. The minimum absolute atomic E-state index is 0.176. The second-order valence-electron chi connectivity index (χ2n) is 5.07. The number of rotatable bonds is 5. The molecule has 0 spiro atoms. The monoisotopic (exact) mass is 330 g/mol. The number of nitrogen functional groups attached to an aromatic ring is 1. The number of nitrogens with two attached hydrogens (primary N) is 1. The molecule has 0 radical (unpaired) electrons. The van der Waals surface area contributed by atoms with Crippen LogP contribution < -0.4 is 10.5 Å². The van der Waals surface area contributed by atoms with Gasteiger partial charge < -0.3 is 10.5 Å². The van der Waals surface area contributed by atoms with Crippen molar-refractivity contribution in [1.82, 2.24) is 4.90 Å². The van der Waals surface area contributed by atoms with Crippen LogP contribution in [0.3, 0.4) is 0 Å². The summed E-state index contributed by atoms with van der Waals surface area (Å²) in [5.74, 6) is 2.46. The van der Waals surface area contributed by atoms with Crippen molar-refractivity contribution in [3.05, 3.63) is 23.8 Å². The van der Waals surface area contributed by atoms with Gasteiger partial charge in [-0.2, -0.15) is 11.8 Å². The van der Waals surface area contributed by atoms with Gasteiger partial charge in [0.25, 0.3) is 0 Å². The van der Waals surface area contributed by atoms with Crippen LogP contribution in [0.25, 0.3) is 0 Å². The van der Waals surface area contributed by atoms with Gasteiger partial charge in [-0.1, -0.05) is 6.92 Å². The number of nitrogens with zero attached hydrogens (tertiary/aromatic N) is 1. The first-order chi connectivity index (χ1) is 9.96. The summed E-state index contributed by atoms with van der Waals surface area (Å²) in [5, 5.41) is -0.409. The van der Waals surface area contributed by atoms with Crippen LogP contribution in [0.1, 0.15) is 12.5 Å². The van der Waals surface area contributed by atoms with Crippen molar-refractivity contribution in [2.75, 3.05) is 36.6 Å². The lowest BCUT2D eigenvalue weighted by atomic mass is 10.1. The molecule has 2 rings (SSSR count). The van der Waals surface area contributed by atoms with Crippen LogP contribution >= 0.6 is 11.8 Å². The zero-order valence-corrected chi connectivity index (χ0v) is 14.0. The van der Waals surface area contributed by atoms with Crippen molar-refractivity contribution in [3.63, 3.8) is 0 Å². The highest BCUT2D eigenvalue weighted by atomic mass is 32.2. The maximum Gasteiger partial charge on any atom is 0.166 e. The van der Waals surface area contributed by atoms with E-state index in [0.29, 0.717) is 23.7 Å². The van der Waals surface area contributed by atoms with Crippen LogP contribution in [0.5, 0.6) is 5.75 Å². The molecule has 0 aromatic heterocycles. The predicted molar refractivity (Wildman–Crippen MR) is 88.4 cm³/mol. The fraction of sp³-hybridized carbons (Fsp3) is 0.571. The van der Waals surface area contributed by atoms with Gasteiger partial charge in [-0.25, -0.2) is 8.42 Å². The standard InChI is InChI=1S/C14H22N2O3S2/c1-3-21(17,18)14-10-20-5-4-16(14)9-11-6-12(15)8-13(7-11)19-2/h6-8,14H,3-5,9-10,15H2,1-2H3. The van der Waals surface area contributed by atoms with E-state index >= 15 is 0 Å². The molecule has 1 aromatic rings. The summed E-state index contributed by atoms with van der Waals surface area (Å²) in [4.78, 5) is 2.03. The highest BCUT2D eigenvalue weighted by Gasteiger charge is 2.32. The van der Waals surface area contributed by atoms with Gasteiger partial charge in [-0.3, -0.25) is 4.90 Å². The second kappa shape index (κ2) is 6.89. The third-order valence-electron chi connectivity index (χ3n) is 3.62. The summed E-state index contributed by atoms with van der Waals surface area (Å²) in [6.45, 7) is 3.05. The van der Waals surface area contributed by atoms with Crippen molar-refractivity contribution in [3.8, 4) is 5.75 Å². The first-order valence-electron chi connectivity index (χ1n) is 6.93. The SMILES string of the molecule is CCS(=O)(=O)C1CSCCN1Cc1cc(N)cc(OC)c1. The molecule has 7 heteroatoms. The fourth-order valence-electron chi connectivity index (χ4n) is 2.45. The van der Waals surface area contributed by atoms with Crippen molar-refractivity contribution >= 4 is 27.3 Å². The topological polar surface area (TPSA) is 72.6 Å². The number of ether oxygens (including phenoxy) is 1. The lowest BCUT2D eigenvalue weighted by molar-refractivity contribution is 0.261. The molecule has 0 bridgehead atoms. The van der Waals surface area contributed by atoms with E-state index < -0.39 is 15.2 Å². The fourth-order valence-corrected chi connectivity index (χ4v) is 5.53. The number of hydrogen-bond acceptors (Lipinski definition) is 6. The summed E-state index contributed by atoms with van der Waals surface area (Å²) in [6, 6.07) is 5.55. The Hall–Kier alpha value is -0.920. The van der Waals surface area contributed by atoms with Gasteiger partial charge in [-0.05, 0) is 17.7 Å². The van der Waals surface area contributed by atoms with Crippen LogP contribution in [-0.2, 0) is 16.4 Å². The highest BCUT2D eigenvalue weighted by Crippen LogP contribution is 2.25. The number of sulfone groups is 1. The van der Waals surface area contributed by atoms with Gasteiger partial charge in [0, 0.05) is 42.1 Å². The Balaban J connectivity index is 2.21. The molecule has 1 aromatic carbocycles. The van der Waals surface area contributed by atoms with Crippen LogP contribution in [-0.4, -0.2) is 49.6 Å². The Morgan fingerprint density at radius 1 is 1.43 bits per heavy atom. The first-order valence-corrected chi connectivity index (χ1v) is 9.80. The molecule has 1 aliphatic rings. The number of benzene rings is 1. The number of methoxy groups -OCH3 is 1. The Morgan fingerprint density at radius 3 is 2.86 bits per heavy atom. The minimum Gasteiger partial charge on any atom is -0.497 e. The molecule has 0 aliphatic carbocycles. The average Bonchev–Trinajstić information content (AvgIpc) is 2.47. The third-order valence-corrected chi connectivity index (χ3v) is 6.95. The summed E-state index contributed by atoms with van der Waals surface area (Å²) in [7, 11) is -1.48. The number of thioether (sulfide) groups is 1. The number of hydrogen-bond donors (Lipinski definition) is 1. The zero-order chi connectivity index (χ0) is 15.5. The molecule has 1 fully saturated rings. The molecule has 1 heterocycles. The molecule has 1 saturated heterocycles. The lowest BCUT2D eigenvalue weighted by Crippen LogP contribution is -2.47. The maximum absolute atomic E-state index is 12.2. The van der Waals surface area contributed by atoms with E-state index in [4.69, 9.17) is 10.5 Å². The van der Waals surface area contributed by atoms with Gasteiger partial charge in [0.15, 0.2) is 9.84 Å². The molecule has 1 atom stereocenters. The van der Waals surface area contributed by atoms with E-state index in [2.05, 4.69) is 0 Å². The third kappa shape index (κ3) is 4.05. The summed E-state index contributed by atoms with van der Waals surface area (Å²) in [6.07, 6.45) is 0. The highest BCUT2D eigenvalue weighted by molar-refractivity contribution is 8.01. The van der Waals surface area contributed by atoms with E-state index in [0.717, 1.165) is 17.9 Å². The second-order valence-corrected chi connectivity index (χ2v) is 8.66. The minimum atomic E-state index is -3.07. The molecule has 5 nitrogen and oxygen atoms in total. The molecule has 2 N–H and O–H groups in total. The van der Waals surface area contributed by atoms with Crippen molar-refractivity contribution in [2.45, 2.75) is 18.8 Å². The van der Waals surface area contributed by atoms with Gasteiger partial charge in [0.2, 0.25) is 0 Å². The van der Waals surface area contributed by atoms with E-state index in [-0.39, 0.29) is 5.75 Å². The van der Waals surface area contributed by atoms with Gasteiger partial charge in [0.1, 0.15) is 11.1 Å². The van der Waals surface area contributed by atoms with E-state index in [1.807, 2.05) is 17.0 Å². The largest absolute Gasteiger partial charge is 0.497 e. The van der Waals surface area contributed by atoms with E-state index in [9.17, 15) is 8.42 Å². The van der Waals surface area contributed by atoms with Crippen molar-refractivity contribution < 1.29 is 13.2 Å². The average molecular weight is 330 g/mol. The number of anilines is 1. The molecular formula is C14H22N2O3S2. The Labute approximate surface area is 130 Å². The lowest BCUT2D eigenvalue weighted by Gasteiger charge is -2.34. The molecule has 0 amide bonds. The summed E-state index contributed by atoms with van der Waals surface area (Å²) >= 11 is 1.70. The smallest absolute Gasteiger partial charge is 0.166 e.